The van der Waals surface area contributed by atoms with Gasteiger partial charge in [0.2, 0.25) is 0 Å². The number of amides is 2. The van der Waals surface area contributed by atoms with Crippen molar-refractivity contribution >= 4 is 33.0 Å². The van der Waals surface area contributed by atoms with Crippen molar-refractivity contribution in [2.75, 3.05) is 5.32 Å². The van der Waals surface area contributed by atoms with Crippen LogP contribution in [0.15, 0.2) is 20.8 Å². The van der Waals surface area contributed by atoms with Gasteiger partial charge >= 0.3 is 6.03 Å². The lowest BCUT2D eigenvalue weighted by Crippen LogP contribution is -2.18. The molecule has 1 aromatic carbocycles. The molecule has 156 valence electrons. The zero-order valence-corrected chi connectivity index (χ0v) is 17.9. The minimum absolute atomic E-state index is 0.119. The standard InChI is InChI=1S/C19H24N4O4S2/c1-19(2,26)17-21-9-14(28-17)29(20,27)23-18(25)22-16-12-5-3-4-10(12)8-11-6-7-13(24)15(11)16/h8-9,13,24,26H,3-7H2,1-2H3,(H3,20,22,23,25,27)/t13-,29?/m1/s1. The lowest BCUT2D eigenvalue weighted by atomic mass is 9.98. The molecule has 0 saturated carbocycles. The number of rotatable bonds is 3. The summed E-state index contributed by atoms with van der Waals surface area (Å²) in [6.45, 7) is 3.11. The van der Waals surface area contributed by atoms with Crippen molar-refractivity contribution in [1.82, 2.24) is 4.98 Å². The van der Waals surface area contributed by atoms with Gasteiger partial charge in [0, 0.05) is 5.56 Å². The molecule has 2 aliphatic rings. The molecule has 2 aromatic rings. The maximum absolute atomic E-state index is 12.9. The SMILES string of the molecule is CC(C)(O)c1ncc(S(N)(=O)=NC(=O)Nc2c3c(cc4c2[C@H](O)CC4)CCC3)s1. The summed E-state index contributed by atoms with van der Waals surface area (Å²) < 4.78 is 16.7. The van der Waals surface area contributed by atoms with Gasteiger partial charge in [-0.3, -0.25) is 0 Å². The normalized spacial score (nSPS) is 20.1. The van der Waals surface area contributed by atoms with E-state index in [9.17, 15) is 19.2 Å². The second kappa shape index (κ2) is 7.13. The van der Waals surface area contributed by atoms with Gasteiger partial charge in [-0.2, -0.15) is 0 Å². The molecule has 1 heterocycles. The smallest absolute Gasteiger partial charge is 0.354 e. The van der Waals surface area contributed by atoms with E-state index in [0.29, 0.717) is 17.1 Å². The van der Waals surface area contributed by atoms with Gasteiger partial charge < -0.3 is 15.5 Å². The van der Waals surface area contributed by atoms with Crippen LogP contribution >= 0.6 is 11.3 Å². The zero-order chi connectivity index (χ0) is 21.0. The first-order valence-corrected chi connectivity index (χ1v) is 11.9. The third-order valence-corrected chi connectivity index (χ3v) is 8.48. The van der Waals surface area contributed by atoms with E-state index in [1.54, 1.807) is 13.8 Å². The van der Waals surface area contributed by atoms with Crippen molar-refractivity contribution in [2.45, 2.75) is 61.9 Å². The summed E-state index contributed by atoms with van der Waals surface area (Å²) in [4.78, 5) is 16.7. The topological polar surface area (TPSA) is 138 Å². The van der Waals surface area contributed by atoms with E-state index in [2.05, 4.69) is 20.7 Å². The number of aliphatic hydroxyl groups excluding tert-OH is 1. The van der Waals surface area contributed by atoms with Crippen molar-refractivity contribution < 1.29 is 19.2 Å². The quantitative estimate of drug-likeness (QED) is 0.586. The van der Waals surface area contributed by atoms with Crippen molar-refractivity contribution in [3.8, 4) is 0 Å². The molecule has 0 fully saturated rings. The fourth-order valence-corrected chi connectivity index (χ4v) is 6.03. The highest BCUT2D eigenvalue weighted by molar-refractivity contribution is 7.93. The molecule has 2 amide bonds. The number of nitrogens with zero attached hydrogens (tertiary/aromatic N) is 2. The van der Waals surface area contributed by atoms with Gasteiger partial charge in [-0.15, -0.1) is 15.7 Å². The first-order chi connectivity index (χ1) is 13.6. The number of aryl methyl sites for hydroxylation is 2. The van der Waals surface area contributed by atoms with Gasteiger partial charge in [0.15, 0.2) is 9.92 Å². The Morgan fingerprint density at radius 3 is 2.83 bits per heavy atom. The third-order valence-electron chi connectivity index (χ3n) is 5.29. The summed E-state index contributed by atoms with van der Waals surface area (Å²) in [5.74, 6) is 0. The van der Waals surface area contributed by atoms with Crippen LogP contribution in [-0.2, 0) is 34.8 Å². The monoisotopic (exact) mass is 436 g/mol. The number of hydrogen-bond donors (Lipinski definition) is 4. The molecular weight excluding hydrogens is 412 g/mol. The highest BCUT2D eigenvalue weighted by atomic mass is 32.2. The second-order valence-electron chi connectivity index (χ2n) is 8.00. The zero-order valence-electron chi connectivity index (χ0n) is 16.3. The van der Waals surface area contributed by atoms with Crippen LogP contribution in [0.5, 0.6) is 0 Å². The summed E-state index contributed by atoms with van der Waals surface area (Å²) in [5, 5.41) is 29.4. The van der Waals surface area contributed by atoms with E-state index in [4.69, 9.17) is 5.14 Å². The number of anilines is 1. The minimum atomic E-state index is -3.52. The number of hydrogen-bond acceptors (Lipinski definition) is 6. The van der Waals surface area contributed by atoms with Gasteiger partial charge in [0.25, 0.3) is 0 Å². The van der Waals surface area contributed by atoms with E-state index in [1.165, 1.54) is 11.8 Å². The van der Waals surface area contributed by atoms with E-state index >= 15 is 0 Å². The molecule has 2 atom stereocenters. The molecule has 1 aromatic heterocycles. The van der Waals surface area contributed by atoms with Crippen LogP contribution in [0.1, 0.15) is 60.1 Å². The molecule has 5 N–H and O–H groups in total. The predicted octanol–water partition coefficient (Wildman–Crippen LogP) is 2.77. The van der Waals surface area contributed by atoms with E-state index in [0.717, 1.165) is 53.7 Å². The van der Waals surface area contributed by atoms with E-state index in [1.807, 2.05) is 0 Å². The Morgan fingerprint density at radius 2 is 2.14 bits per heavy atom. The van der Waals surface area contributed by atoms with E-state index in [-0.39, 0.29) is 4.21 Å². The summed E-state index contributed by atoms with van der Waals surface area (Å²) >= 11 is 0.960. The Bertz CT molecular complexity index is 1110. The number of fused-ring (bicyclic) bond motifs is 2. The molecule has 0 radical (unpaired) electrons. The number of nitrogens with one attached hydrogen (secondary N) is 1. The average molecular weight is 437 g/mol. The van der Waals surface area contributed by atoms with Gasteiger partial charge in [-0.1, -0.05) is 6.07 Å². The Balaban J connectivity index is 1.67. The van der Waals surface area contributed by atoms with Crippen molar-refractivity contribution in [3.05, 3.63) is 39.5 Å². The molecule has 29 heavy (non-hydrogen) atoms. The van der Waals surface area contributed by atoms with Gasteiger partial charge in [-0.25, -0.2) is 19.1 Å². The van der Waals surface area contributed by atoms with Crippen molar-refractivity contribution in [1.29, 1.82) is 0 Å². The third kappa shape index (κ3) is 3.82. The number of benzene rings is 1. The fraction of sp³-hybridized carbons (Fsp3) is 0.474. The minimum Gasteiger partial charge on any atom is -0.388 e. The summed E-state index contributed by atoms with van der Waals surface area (Å²) in [7, 11) is -3.52. The highest BCUT2D eigenvalue weighted by Crippen LogP contribution is 2.43. The Morgan fingerprint density at radius 1 is 1.38 bits per heavy atom. The van der Waals surface area contributed by atoms with E-state index < -0.39 is 27.7 Å². The summed E-state index contributed by atoms with van der Waals surface area (Å²) in [6.07, 6.45) is 4.76. The molecular formula is C19H24N4O4S2. The molecule has 4 rings (SSSR count). The lowest BCUT2D eigenvalue weighted by molar-refractivity contribution is 0.0783. The van der Waals surface area contributed by atoms with Gasteiger partial charge in [-0.05, 0) is 62.6 Å². The average Bonchev–Trinajstić information content (AvgIpc) is 3.33. The number of nitrogens with two attached hydrogens (primary N) is 1. The number of aromatic nitrogens is 1. The molecule has 10 heteroatoms. The number of carbonyl (C=O) groups is 1. The van der Waals surface area contributed by atoms with Crippen LogP contribution in [0.2, 0.25) is 0 Å². The Labute approximate surface area is 173 Å². The van der Waals surface area contributed by atoms with Crippen LogP contribution in [-0.4, -0.2) is 25.4 Å². The second-order valence-corrected chi connectivity index (χ2v) is 11.1. The molecule has 0 aliphatic heterocycles. The summed E-state index contributed by atoms with van der Waals surface area (Å²) in [5.41, 5.74) is 3.35. The van der Waals surface area contributed by atoms with Crippen LogP contribution < -0.4 is 10.5 Å². The van der Waals surface area contributed by atoms with Crippen LogP contribution in [0.3, 0.4) is 0 Å². The van der Waals surface area contributed by atoms with Gasteiger partial charge in [0.05, 0.1) is 18.0 Å². The number of thiazole rings is 1. The van der Waals surface area contributed by atoms with Crippen molar-refractivity contribution in [3.63, 3.8) is 0 Å². The Kier molecular flexibility index (Phi) is 5.02. The molecule has 8 nitrogen and oxygen atoms in total. The summed E-state index contributed by atoms with van der Waals surface area (Å²) in [6, 6.07) is 1.31. The Hall–Kier alpha value is -1.85. The largest absolute Gasteiger partial charge is 0.388 e. The van der Waals surface area contributed by atoms with Crippen LogP contribution in [0.4, 0.5) is 10.5 Å². The first-order valence-electron chi connectivity index (χ1n) is 9.46. The maximum atomic E-state index is 12.9. The number of aliphatic hydroxyl groups is 2. The lowest BCUT2D eigenvalue weighted by Gasteiger charge is -2.17. The van der Waals surface area contributed by atoms with Crippen LogP contribution in [0, 0.1) is 0 Å². The molecule has 1 unspecified atom stereocenters. The predicted molar refractivity (Wildman–Crippen MR) is 111 cm³/mol. The molecule has 0 saturated heterocycles. The number of urea groups is 1. The fourth-order valence-electron chi connectivity index (χ4n) is 3.97. The van der Waals surface area contributed by atoms with Gasteiger partial charge in [0.1, 0.15) is 14.8 Å². The first kappa shape index (κ1) is 20.4. The highest BCUT2D eigenvalue weighted by Gasteiger charge is 2.30. The van der Waals surface area contributed by atoms with Crippen molar-refractivity contribution in [2.24, 2.45) is 9.50 Å². The maximum Gasteiger partial charge on any atom is 0.354 e. The molecule has 0 bridgehead atoms. The molecule has 0 spiro atoms. The number of carbonyl (C=O) groups excluding carboxylic acids is 1. The van der Waals surface area contributed by atoms with Crippen LogP contribution in [0.25, 0.3) is 0 Å². The molecule has 2 aliphatic carbocycles.